The maximum atomic E-state index is 14.8. The Morgan fingerprint density at radius 2 is 1.91 bits per heavy atom. The van der Waals surface area contributed by atoms with Crippen molar-refractivity contribution in [2.45, 2.75) is 32.0 Å². The Labute approximate surface area is 197 Å². The number of carbonyl (C=O) groups excluding carboxylic acids is 3. The molecule has 1 aromatic rings. The summed E-state index contributed by atoms with van der Waals surface area (Å²) in [6, 6.07) is 4.37. The lowest BCUT2D eigenvalue weighted by Gasteiger charge is -2.34. The van der Waals surface area contributed by atoms with Gasteiger partial charge in [-0.2, -0.15) is 0 Å². The van der Waals surface area contributed by atoms with E-state index in [9.17, 15) is 18.8 Å². The molecule has 3 aliphatic heterocycles. The van der Waals surface area contributed by atoms with E-state index in [4.69, 9.17) is 14.2 Å². The number of ether oxygens (including phenoxy) is 3. The van der Waals surface area contributed by atoms with Gasteiger partial charge in [-0.05, 0) is 12.1 Å². The average Bonchev–Trinajstić information content (AvgIpc) is 3.20. The molecule has 0 aliphatic carbocycles. The first kappa shape index (κ1) is 24.2. The van der Waals surface area contributed by atoms with Crippen LogP contribution < -0.4 is 15.0 Å². The number of hydrogen-bond donors (Lipinski definition) is 1. The summed E-state index contributed by atoms with van der Waals surface area (Å²) in [5, 5.41) is 2.61. The lowest BCUT2D eigenvalue weighted by Crippen LogP contribution is -2.48. The molecular weight excluding hydrogens is 447 g/mol. The van der Waals surface area contributed by atoms with Crippen molar-refractivity contribution >= 4 is 23.6 Å². The maximum absolute atomic E-state index is 14.8. The smallest absolute Gasteiger partial charge is 0.414 e. The molecule has 1 N–H and O–H groups in total. The van der Waals surface area contributed by atoms with E-state index in [-0.39, 0.29) is 36.8 Å². The van der Waals surface area contributed by atoms with Gasteiger partial charge < -0.3 is 24.4 Å². The molecule has 0 radical (unpaired) electrons. The second-order valence-corrected chi connectivity index (χ2v) is 8.75. The number of carbonyl (C=O) groups is 3. The molecule has 4 rings (SSSR count). The number of amides is 3. The Hall–Kier alpha value is -2.92. The molecule has 11 heteroatoms. The molecule has 186 valence electrons. The van der Waals surface area contributed by atoms with Crippen molar-refractivity contribution in [1.29, 1.82) is 0 Å². The van der Waals surface area contributed by atoms with Crippen LogP contribution in [-0.2, 0) is 19.1 Å². The zero-order chi connectivity index (χ0) is 24.1. The van der Waals surface area contributed by atoms with E-state index < -0.39 is 18.0 Å². The third-order valence-corrected chi connectivity index (χ3v) is 6.23. The third-order valence-electron chi connectivity index (χ3n) is 6.23. The molecule has 34 heavy (non-hydrogen) atoms. The predicted octanol–water partition coefficient (Wildman–Crippen LogP) is 0.989. The molecule has 3 aliphatic rings. The fourth-order valence-corrected chi connectivity index (χ4v) is 4.30. The number of piperidine rings is 1. The molecule has 3 heterocycles. The summed E-state index contributed by atoms with van der Waals surface area (Å²) in [7, 11) is 0. The normalized spacial score (nSPS) is 21.9. The number of morpholine rings is 1. The maximum Gasteiger partial charge on any atom is 0.414 e. The Morgan fingerprint density at radius 3 is 2.59 bits per heavy atom. The fraction of sp³-hybridized carbons (Fsp3) is 0.609. The highest BCUT2D eigenvalue weighted by Gasteiger charge is 2.33. The summed E-state index contributed by atoms with van der Waals surface area (Å²) in [6.07, 6.45) is -0.0193. The molecule has 0 unspecified atom stereocenters. The molecule has 3 fully saturated rings. The van der Waals surface area contributed by atoms with Crippen LogP contribution in [0.25, 0.3) is 0 Å². The van der Waals surface area contributed by atoms with Crippen molar-refractivity contribution in [1.82, 2.24) is 15.1 Å². The Balaban J connectivity index is 1.26. The average molecular weight is 479 g/mol. The van der Waals surface area contributed by atoms with Gasteiger partial charge >= 0.3 is 6.09 Å². The van der Waals surface area contributed by atoms with E-state index >= 15 is 0 Å². The number of benzene rings is 1. The van der Waals surface area contributed by atoms with Crippen LogP contribution in [-0.4, -0.2) is 98.9 Å². The second kappa shape index (κ2) is 11.0. The molecule has 0 aromatic heterocycles. The third kappa shape index (κ3) is 6.15. The summed E-state index contributed by atoms with van der Waals surface area (Å²) in [4.78, 5) is 41.0. The second-order valence-electron chi connectivity index (χ2n) is 8.75. The number of hydrogen-bond acceptors (Lipinski definition) is 7. The van der Waals surface area contributed by atoms with Crippen molar-refractivity contribution in [3.05, 3.63) is 24.0 Å². The van der Waals surface area contributed by atoms with Gasteiger partial charge in [0.15, 0.2) is 11.6 Å². The van der Waals surface area contributed by atoms with Crippen molar-refractivity contribution in [3.8, 4) is 5.75 Å². The molecular formula is C23H31FN4O6. The molecule has 10 nitrogen and oxygen atoms in total. The van der Waals surface area contributed by atoms with Gasteiger partial charge in [0.1, 0.15) is 12.2 Å². The summed E-state index contributed by atoms with van der Waals surface area (Å²) >= 11 is 0. The first-order valence-electron chi connectivity index (χ1n) is 11.7. The fourth-order valence-electron chi connectivity index (χ4n) is 4.30. The van der Waals surface area contributed by atoms with Gasteiger partial charge in [-0.1, -0.05) is 0 Å². The Bertz CT molecular complexity index is 901. The van der Waals surface area contributed by atoms with Crippen molar-refractivity contribution < 1.29 is 33.0 Å². The predicted molar refractivity (Wildman–Crippen MR) is 120 cm³/mol. The van der Waals surface area contributed by atoms with Crippen molar-refractivity contribution in [2.75, 3.05) is 63.9 Å². The van der Waals surface area contributed by atoms with E-state index in [1.807, 2.05) is 4.90 Å². The summed E-state index contributed by atoms with van der Waals surface area (Å²) < 4.78 is 31.2. The SMILES string of the molecule is CC(=O)NC[C@H]1CN(c2ccc(OC3CCN(C(=O)CN4CCOCC4)CC3)c(F)c2)C(=O)O1. The van der Waals surface area contributed by atoms with Crippen LogP contribution in [0.2, 0.25) is 0 Å². The number of nitrogens with one attached hydrogen (secondary N) is 1. The van der Waals surface area contributed by atoms with Gasteiger partial charge in [-0.15, -0.1) is 0 Å². The van der Waals surface area contributed by atoms with E-state index in [0.29, 0.717) is 51.4 Å². The van der Waals surface area contributed by atoms with Gasteiger partial charge in [-0.25, -0.2) is 9.18 Å². The van der Waals surface area contributed by atoms with E-state index in [0.717, 1.165) is 13.1 Å². The lowest BCUT2D eigenvalue weighted by molar-refractivity contribution is -0.135. The monoisotopic (exact) mass is 478 g/mol. The minimum absolute atomic E-state index is 0.102. The minimum atomic E-state index is -0.586. The number of nitrogens with zero attached hydrogens (tertiary/aromatic N) is 3. The summed E-state index contributed by atoms with van der Waals surface area (Å²) in [5.41, 5.74) is 0.365. The zero-order valence-electron chi connectivity index (χ0n) is 19.3. The molecule has 3 amide bonds. The highest BCUT2D eigenvalue weighted by molar-refractivity contribution is 5.90. The topological polar surface area (TPSA) is 101 Å². The minimum Gasteiger partial charge on any atom is -0.487 e. The van der Waals surface area contributed by atoms with Gasteiger partial charge in [-0.3, -0.25) is 19.4 Å². The summed E-state index contributed by atoms with van der Waals surface area (Å²) in [5.74, 6) is -0.565. The number of rotatable bonds is 7. The zero-order valence-corrected chi connectivity index (χ0v) is 19.3. The molecule has 1 atom stereocenters. The molecule has 0 spiro atoms. The van der Waals surface area contributed by atoms with Gasteiger partial charge in [0.05, 0.1) is 38.5 Å². The van der Waals surface area contributed by atoms with Gasteiger partial charge in [0.25, 0.3) is 0 Å². The number of halogens is 1. The Morgan fingerprint density at radius 1 is 1.18 bits per heavy atom. The lowest BCUT2D eigenvalue weighted by atomic mass is 10.1. The van der Waals surface area contributed by atoms with Crippen LogP contribution in [0, 0.1) is 5.82 Å². The highest BCUT2D eigenvalue weighted by Crippen LogP contribution is 2.29. The van der Waals surface area contributed by atoms with Crippen LogP contribution >= 0.6 is 0 Å². The van der Waals surface area contributed by atoms with E-state index in [2.05, 4.69) is 10.2 Å². The van der Waals surface area contributed by atoms with Crippen molar-refractivity contribution in [3.63, 3.8) is 0 Å². The molecule has 0 bridgehead atoms. The van der Waals surface area contributed by atoms with E-state index in [1.54, 1.807) is 6.07 Å². The molecule has 0 saturated carbocycles. The summed E-state index contributed by atoms with van der Waals surface area (Å²) in [6.45, 7) is 6.20. The number of anilines is 1. The first-order valence-corrected chi connectivity index (χ1v) is 11.7. The standard InChI is InChI=1S/C23H31FN4O6/c1-16(29)25-13-19-14-28(23(31)34-19)17-2-3-21(20(24)12-17)33-18-4-6-27(7-5-18)22(30)15-26-8-10-32-11-9-26/h2-3,12,18-19H,4-11,13-15H2,1H3,(H,25,29)/t19-/m0/s1. The molecule has 3 saturated heterocycles. The highest BCUT2D eigenvalue weighted by atomic mass is 19.1. The van der Waals surface area contributed by atoms with Crippen LogP contribution in [0.4, 0.5) is 14.9 Å². The molecule has 1 aromatic carbocycles. The van der Waals surface area contributed by atoms with E-state index in [1.165, 1.54) is 24.0 Å². The van der Waals surface area contributed by atoms with Crippen molar-refractivity contribution in [2.24, 2.45) is 0 Å². The number of likely N-dealkylation sites (tertiary alicyclic amines) is 1. The first-order chi connectivity index (χ1) is 16.4. The van der Waals surface area contributed by atoms with Crippen LogP contribution in [0.15, 0.2) is 18.2 Å². The van der Waals surface area contributed by atoms with Gasteiger partial charge in [0, 0.05) is 52.0 Å². The quantitative estimate of drug-likeness (QED) is 0.624. The van der Waals surface area contributed by atoms with Crippen LogP contribution in [0.3, 0.4) is 0 Å². The van der Waals surface area contributed by atoms with Gasteiger partial charge in [0.2, 0.25) is 11.8 Å². The van der Waals surface area contributed by atoms with Crippen LogP contribution in [0.5, 0.6) is 5.75 Å². The Kier molecular flexibility index (Phi) is 7.84. The van der Waals surface area contributed by atoms with Crippen LogP contribution in [0.1, 0.15) is 19.8 Å². The number of cyclic esters (lactones) is 1. The largest absolute Gasteiger partial charge is 0.487 e.